The number of nitrogens with zero attached hydrogens (tertiary/aromatic N) is 4. The topological polar surface area (TPSA) is 44.9 Å². The molecule has 0 aliphatic heterocycles. The number of hydrogen-bond donors (Lipinski definition) is 0. The zero-order valence-electron chi connectivity index (χ0n) is 33.7. The van der Waals surface area contributed by atoms with Gasteiger partial charge in [-0.2, -0.15) is 5.10 Å². The molecule has 9 rings (SSSR count). The summed E-state index contributed by atoms with van der Waals surface area (Å²) in [6, 6.07) is 26.3. The normalized spacial score (nSPS) is 20.1. The molecule has 0 amide bonds. The van der Waals surface area contributed by atoms with Crippen molar-refractivity contribution in [2.24, 2.45) is 5.92 Å². The summed E-state index contributed by atoms with van der Waals surface area (Å²) in [7, 11) is 0. The summed E-state index contributed by atoms with van der Waals surface area (Å²) in [4.78, 5) is 4.81. The highest BCUT2D eigenvalue weighted by atomic mass is 16.5. The standard InChI is InChI=1S/C50H58N4O/c1-32(2)38-28-39(30-41(29-38)55-40-23-24-43-42-21-12-13-22-44(42)53(45(43)31-40)46-27-33(3)25-26-51-46)54-50(37-19-10-7-11-20-37)48(47-34(4)15-14-16-35(47)5)49(52-54)36-17-8-6-9-18-36/h12-13,15,21-32,35-37,47H,6-11,14,16-20H2,1-5H3/t35-,47+/m0/s1. The molecule has 3 aliphatic rings. The lowest BCUT2D eigenvalue weighted by Crippen LogP contribution is -2.21. The van der Waals surface area contributed by atoms with Gasteiger partial charge in [-0.15, -0.1) is 0 Å². The van der Waals surface area contributed by atoms with Gasteiger partial charge in [0.1, 0.15) is 17.3 Å². The Labute approximate surface area is 327 Å². The Morgan fingerprint density at radius 2 is 1.47 bits per heavy atom. The van der Waals surface area contributed by atoms with E-state index in [0.717, 1.165) is 34.0 Å². The van der Waals surface area contributed by atoms with Gasteiger partial charge in [0, 0.05) is 52.4 Å². The highest BCUT2D eigenvalue weighted by molar-refractivity contribution is 6.09. The van der Waals surface area contributed by atoms with E-state index in [4.69, 9.17) is 14.8 Å². The number of aryl methyl sites for hydroxylation is 1. The van der Waals surface area contributed by atoms with Crippen molar-refractivity contribution in [3.63, 3.8) is 0 Å². The van der Waals surface area contributed by atoms with Gasteiger partial charge in [0.15, 0.2) is 0 Å². The van der Waals surface area contributed by atoms with Crippen molar-refractivity contribution in [2.45, 2.75) is 135 Å². The van der Waals surface area contributed by atoms with Crippen LogP contribution in [0.1, 0.15) is 156 Å². The van der Waals surface area contributed by atoms with Crippen LogP contribution >= 0.6 is 0 Å². The van der Waals surface area contributed by atoms with E-state index in [1.54, 1.807) is 11.1 Å². The van der Waals surface area contributed by atoms with Crippen LogP contribution in [0.15, 0.2) is 90.6 Å². The van der Waals surface area contributed by atoms with Gasteiger partial charge in [-0.25, -0.2) is 9.67 Å². The highest BCUT2D eigenvalue weighted by Gasteiger charge is 2.37. The van der Waals surface area contributed by atoms with Crippen molar-refractivity contribution in [3.05, 3.63) is 119 Å². The Kier molecular flexibility index (Phi) is 9.91. The number of benzene rings is 3. The van der Waals surface area contributed by atoms with Crippen molar-refractivity contribution in [1.82, 2.24) is 19.3 Å². The molecule has 0 bridgehead atoms. The van der Waals surface area contributed by atoms with Crippen LogP contribution in [0.5, 0.6) is 11.5 Å². The Balaban J connectivity index is 1.20. The molecule has 0 saturated heterocycles. The maximum atomic E-state index is 6.96. The number of ether oxygens (including phenoxy) is 1. The molecule has 2 fully saturated rings. The molecule has 6 aromatic rings. The second kappa shape index (κ2) is 15.1. The van der Waals surface area contributed by atoms with Crippen LogP contribution in [0.3, 0.4) is 0 Å². The Morgan fingerprint density at radius 3 is 2.22 bits per heavy atom. The summed E-state index contributed by atoms with van der Waals surface area (Å²) >= 11 is 0. The number of pyridine rings is 1. The molecule has 3 aromatic carbocycles. The van der Waals surface area contributed by atoms with Crippen molar-refractivity contribution < 1.29 is 4.74 Å². The largest absolute Gasteiger partial charge is 0.457 e. The lowest BCUT2D eigenvalue weighted by Gasteiger charge is -2.33. The first-order valence-electron chi connectivity index (χ1n) is 21.4. The van der Waals surface area contributed by atoms with Gasteiger partial charge in [-0.3, -0.25) is 4.57 Å². The molecule has 3 heterocycles. The molecule has 0 unspecified atom stereocenters. The zero-order valence-corrected chi connectivity index (χ0v) is 33.7. The third kappa shape index (κ3) is 6.83. The average Bonchev–Trinajstić information content (AvgIpc) is 3.75. The van der Waals surface area contributed by atoms with Crippen LogP contribution in [-0.2, 0) is 0 Å². The van der Waals surface area contributed by atoms with Crippen LogP contribution < -0.4 is 4.74 Å². The smallest absolute Gasteiger partial charge is 0.137 e. The predicted octanol–water partition coefficient (Wildman–Crippen LogP) is 14.1. The molecule has 3 aliphatic carbocycles. The first kappa shape index (κ1) is 36.0. The van der Waals surface area contributed by atoms with Crippen LogP contribution in [0, 0.1) is 12.8 Å². The fourth-order valence-corrected chi connectivity index (χ4v) is 10.4. The lowest BCUT2D eigenvalue weighted by atomic mass is 9.71. The van der Waals surface area contributed by atoms with Gasteiger partial charge < -0.3 is 4.74 Å². The van der Waals surface area contributed by atoms with E-state index in [1.165, 1.54) is 110 Å². The van der Waals surface area contributed by atoms with E-state index in [9.17, 15) is 0 Å². The molecular formula is C50H58N4O. The van der Waals surface area contributed by atoms with Crippen LogP contribution in [0.25, 0.3) is 33.3 Å². The third-order valence-electron chi connectivity index (χ3n) is 13.3. The van der Waals surface area contributed by atoms with Gasteiger partial charge >= 0.3 is 0 Å². The second-order valence-corrected chi connectivity index (χ2v) is 17.5. The Morgan fingerprint density at radius 1 is 0.727 bits per heavy atom. The molecule has 2 saturated carbocycles. The number of rotatable bonds is 8. The first-order chi connectivity index (χ1) is 26.8. The Bertz CT molecular complexity index is 2360. The fraction of sp³-hybridized carbons (Fsp3) is 0.440. The number of aromatic nitrogens is 4. The summed E-state index contributed by atoms with van der Waals surface area (Å²) in [6.07, 6.45) is 19.9. The fourth-order valence-electron chi connectivity index (χ4n) is 10.4. The van der Waals surface area contributed by atoms with Gasteiger partial charge in [0.25, 0.3) is 0 Å². The van der Waals surface area contributed by atoms with Crippen molar-refractivity contribution >= 4 is 21.8 Å². The van der Waals surface area contributed by atoms with Crippen LogP contribution in [-0.4, -0.2) is 19.3 Å². The minimum atomic E-state index is 0.342. The Hall–Kier alpha value is -4.64. The van der Waals surface area contributed by atoms with Crippen molar-refractivity contribution in [1.29, 1.82) is 0 Å². The predicted molar refractivity (Wildman–Crippen MR) is 228 cm³/mol. The highest BCUT2D eigenvalue weighted by Crippen LogP contribution is 2.49. The average molecular weight is 731 g/mol. The second-order valence-electron chi connectivity index (χ2n) is 17.5. The lowest BCUT2D eigenvalue weighted by molar-refractivity contribution is 0.406. The quantitative estimate of drug-likeness (QED) is 0.146. The number of hydrogen-bond acceptors (Lipinski definition) is 3. The van der Waals surface area contributed by atoms with Crippen molar-refractivity contribution in [3.8, 4) is 23.0 Å². The molecule has 0 radical (unpaired) electrons. The number of allylic oxidation sites excluding steroid dienone is 2. The summed E-state index contributed by atoms with van der Waals surface area (Å²) in [5.41, 5.74) is 11.9. The van der Waals surface area contributed by atoms with E-state index in [2.05, 4.69) is 123 Å². The molecule has 55 heavy (non-hydrogen) atoms. The molecule has 3 aromatic heterocycles. The van der Waals surface area contributed by atoms with Gasteiger partial charge in [-0.05, 0) is 118 Å². The molecule has 0 N–H and O–H groups in total. The summed E-state index contributed by atoms with van der Waals surface area (Å²) in [5.74, 6) is 5.09. The molecule has 2 atom stereocenters. The van der Waals surface area contributed by atoms with E-state index in [1.807, 2.05) is 6.20 Å². The maximum Gasteiger partial charge on any atom is 0.137 e. The van der Waals surface area contributed by atoms with E-state index in [-0.39, 0.29) is 0 Å². The molecule has 5 nitrogen and oxygen atoms in total. The first-order valence-corrected chi connectivity index (χ1v) is 21.4. The molecular weight excluding hydrogens is 673 g/mol. The third-order valence-corrected chi connectivity index (χ3v) is 13.3. The van der Waals surface area contributed by atoms with Crippen molar-refractivity contribution in [2.75, 3.05) is 0 Å². The summed E-state index contributed by atoms with van der Waals surface area (Å²) in [6.45, 7) is 11.6. The minimum absolute atomic E-state index is 0.342. The van der Waals surface area contributed by atoms with Gasteiger partial charge in [-0.1, -0.05) is 89.1 Å². The monoisotopic (exact) mass is 730 g/mol. The van der Waals surface area contributed by atoms with E-state index >= 15 is 0 Å². The number of fused-ring (bicyclic) bond motifs is 3. The summed E-state index contributed by atoms with van der Waals surface area (Å²) in [5, 5.41) is 8.22. The van der Waals surface area contributed by atoms with Crippen LogP contribution in [0.2, 0.25) is 0 Å². The van der Waals surface area contributed by atoms with Crippen LogP contribution in [0.4, 0.5) is 0 Å². The molecule has 0 spiro atoms. The molecule has 284 valence electrons. The van der Waals surface area contributed by atoms with Gasteiger partial charge in [0.2, 0.25) is 0 Å². The minimum Gasteiger partial charge on any atom is -0.457 e. The summed E-state index contributed by atoms with van der Waals surface area (Å²) < 4.78 is 11.7. The van der Waals surface area contributed by atoms with Gasteiger partial charge in [0.05, 0.1) is 28.1 Å². The number of para-hydroxylation sites is 1. The maximum absolute atomic E-state index is 6.96. The zero-order chi connectivity index (χ0) is 37.6. The van der Waals surface area contributed by atoms with E-state index < -0.39 is 0 Å². The van der Waals surface area contributed by atoms with E-state index in [0.29, 0.717) is 29.6 Å². The molecule has 5 heteroatoms. The SMILES string of the molecule is CC1=CCC[C@H](C)[C@@H]1c1c(C2CCCCC2)nn(-c2cc(Oc3ccc4c5ccccc5n(-c5cc(C)ccn5)c4c3)cc(C(C)C)c2)c1C1CCCCC1.